The maximum Gasteiger partial charge on any atom is 0.322 e. The number of carbonyl (C=O) groups excluding carboxylic acids is 2. The Morgan fingerprint density at radius 2 is 1.86 bits per heavy atom. The predicted octanol–water partition coefficient (Wildman–Crippen LogP) is 5.58. The van der Waals surface area contributed by atoms with Gasteiger partial charge in [-0.25, -0.2) is 9.18 Å². The first-order valence-corrected chi connectivity index (χ1v) is 12.5. The molecule has 1 aliphatic heterocycles. The molecule has 1 saturated heterocycles. The Morgan fingerprint density at radius 3 is 2.63 bits per heavy atom. The van der Waals surface area contributed by atoms with Gasteiger partial charge in [0.05, 0.1) is 5.69 Å². The topological polar surface area (TPSA) is 57.6 Å². The molecule has 2 aromatic carbocycles. The van der Waals surface area contributed by atoms with Gasteiger partial charge >= 0.3 is 6.03 Å². The molecule has 0 unspecified atom stereocenters. The van der Waals surface area contributed by atoms with Crippen molar-refractivity contribution in [3.8, 4) is 0 Å². The van der Waals surface area contributed by atoms with E-state index in [-0.39, 0.29) is 23.7 Å². The fourth-order valence-corrected chi connectivity index (χ4v) is 5.52. The molecule has 3 heterocycles. The first kappa shape index (κ1) is 23.1. The van der Waals surface area contributed by atoms with Gasteiger partial charge in [-0.3, -0.25) is 4.79 Å². The number of nitrogens with one attached hydrogen (secondary N) is 1. The lowest BCUT2D eigenvalue weighted by Gasteiger charge is -2.39. The van der Waals surface area contributed by atoms with Crippen LogP contribution in [0.3, 0.4) is 0 Å². The molecule has 2 aromatic heterocycles. The van der Waals surface area contributed by atoms with Gasteiger partial charge < -0.3 is 19.7 Å². The highest BCUT2D eigenvalue weighted by atomic mass is 32.1. The molecule has 0 aliphatic carbocycles. The zero-order chi connectivity index (χ0) is 24.5. The number of nitrogens with zero attached hydrogens (tertiary/aromatic N) is 3. The van der Waals surface area contributed by atoms with Crippen LogP contribution in [0.4, 0.5) is 14.9 Å². The summed E-state index contributed by atoms with van der Waals surface area (Å²) in [5.41, 5.74) is 3.17. The van der Waals surface area contributed by atoms with Crippen molar-refractivity contribution in [1.29, 1.82) is 0 Å². The maximum absolute atomic E-state index is 14.0. The van der Waals surface area contributed by atoms with Crippen LogP contribution in [0.5, 0.6) is 0 Å². The predicted molar refractivity (Wildman–Crippen MR) is 138 cm³/mol. The van der Waals surface area contributed by atoms with Crippen molar-refractivity contribution >= 4 is 39.2 Å². The fourth-order valence-electron chi connectivity index (χ4n) is 4.62. The van der Waals surface area contributed by atoms with Crippen LogP contribution in [0.2, 0.25) is 0 Å². The van der Waals surface area contributed by atoms with E-state index < -0.39 is 5.82 Å². The summed E-state index contributed by atoms with van der Waals surface area (Å²) in [6, 6.07) is 17.8. The minimum absolute atomic E-state index is 0.0389. The second-order valence-electron chi connectivity index (χ2n) is 8.93. The molecular weight excluding hydrogens is 463 g/mol. The number of benzene rings is 2. The van der Waals surface area contributed by atoms with E-state index in [0.29, 0.717) is 31.9 Å². The molecule has 0 spiro atoms. The summed E-state index contributed by atoms with van der Waals surface area (Å²) in [6.07, 6.45) is 0. The molecule has 8 heteroatoms. The quantitative estimate of drug-likeness (QED) is 0.406. The molecule has 0 radical (unpaired) electrons. The Bertz CT molecular complexity index is 1390. The zero-order valence-corrected chi connectivity index (χ0v) is 20.5. The number of thiophene rings is 1. The Labute approximate surface area is 207 Å². The number of hydrogen-bond donors (Lipinski definition) is 1. The molecule has 6 nitrogen and oxygen atoms in total. The normalized spacial score (nSPS) is 16.0. The first-order valence-electron chi connectivity index (χ1n) is 11.6. The van der Waals surface area contributed by atoms with E-state index in [2.05, 4.69) is 28.9 Å². The minimum Gasteiger partial charge on any atom is -0.334 e. The van der Waals surface area contributed by atoms with Crippen molar-refractivity contribution in [3.05, 3.63) is 88.7 Å². The van der Waals surface area contributed by atoms with Gasteiger partial charge in [-0.1, -0.05) is 36.4 Å². The van der Waals surface area contributed by atoms with E-state index in [1.165, 1.54) is 23.3 Å². The highest BCUT2D eigenvalue weighted by Gasteiger charge is 2.32. The van der Waals surface area contributed by atoms with Crippen molar-refractivity contribution in [2.24, 2.45) is 0 Å². The van der Waals surface area contributed by atoms with E-state index in [9.17, 15) is 14.0 Å². The molecular formula is C27H27FN4O2S. The molecule has 4 aromatic rings. The summed E-state index contributed by atoms with van der Waals surface area (Å²) in [7, 11) is 0. The highest BCUT2D eigenvalue weighted by molar-refractivity contribution is 7.16. The molecule has 1 atom stereocenters. The third-order valence-corrected chi connectivity index (χ3v) is 7.55. The first-order chi connectivity index (χ1) is 16.9. The smallest absolute Gasteiger partial charge is 0.322 e. The molecule has 3 amide bonds. The van der Waals surface area contributed by atoms with Crippen molar-refractivity contribution in [2.75, 3.05) is 25.0 Å². The van der Waals surface area contributed by atoms with Crippen molar-refractivity contribution in [2.45, 2.75) is 26.4 Å². The van der Waals surface area contributed by atoms with Gasteiger partial charge in [-0.15, -0.1) is 11.3 Å². The number of carbonyl (C=O) groups is 2. The standard InChI is InChI=1S/C27H27FN4O2S/c1-18-7-3-4-8-21(18)17-32-24(15-20-11-14-35-26(20)32)25(33)30-12-13-31(19(2)16-30)27(34)29-23-10-6-5-9-22(23)28/h3-11,14-15,19H,12-13,16-17H2,1-2H3,(H,29,34)/t19-/m1/s1. The number of fused-ring (bicyclic) bond motifs is 1. The number of para-hydroxylation sites is 1. The van der Waals surface area contributed by atoms with Crippen LogP contribution in [0.1, 0.15) is 28.5 Å². The molecule has 1 fully saturated rings. The second kappa shape index (κ2) is 9.54. The van der Waals surface area contributed by atoms with Crippen molar-refractivity contribution in [1.82, 2.24) is 14.4 Å². The molecule has 35 heavy (non-hydrogen) atoms. The van der Waals surface area contributed by atoms with Crippen LogP contribution in [0.25, 0.3) is 10.2 Å². The Kier molecular flexibility index (Phi) is 6.30. The number of urea groups is 1. The average Bonchev–Trinajstić information content (AvgIpc) is 3.44. The zero-order valence-electron chi connectivity index (χ0n) is 19.7. The minimum atomic E-state index is -0.475. The molecule has 180 valence electrons. The molecule has 0 bridgehead atoms. The molecule has 0 saturated carbocycles. The van der Waals surface area contributed by atoms with Gasteiger partial charge in [0.25, 0.3) is 5.91 Å². The number of halogens is 1. The van der Waals surface area contributed by atoms with Crippen LogP contribution in [0.15, 0.2) is 66.0 Å². The number of hydrogen-bond acceptors (Lipinski definition) is 3. The van der Waals surface area contributed by atoms with Gasteiger partial charge in [0.1, 0.15) is 16.3 Å². The van der Waals surface area contributed by atoms with E-state index in [1.807, 2.05) is 41.5 Å². The van der Waals surface area contributed by atoms with Gasteiger partial charge in [-0.2, -0.15) is 0 Å². The van der Waals surface area contributed by atoms with Crippen LogP contribution < -0.4 is 5.32 Å². The second-order valence-corrected chi connectivity index (χ2v) is 9.82. The van der Waals surface area contributed by atoms with Gasteiger partial charge in [0.15, 0.2) is 0 Å². The molecule has 1 aliphatic rings. The van der Waals surface area contributed by atoms with E-state index in [0.717, 1.165) is 10.2 Å². The number of amides is 3. The Hall–Kier alpha value is -3.65. The summed E-state index contributed by atoms with van der Waals surface area (Å²) in [6.45, 7) is 5.81. The van der Waals surface area contributed by atoms with E-state index >= 15 is 0 Å². The van der Waals surface area contributed by atoms with Gasteiger partial charge in [0, 0.05) is 37.6 Å². The number of anilines is 1. The summed E-state index contributed by atoms with van der Waals surface area (Å²) >= 11 is 1.63. The third kappa shape index (κ3) is 4.53. The lowest BCUT2D eigenvalue weighted by Crippen LogP contribution is -2.56. The van der Waals surface area contributed by atoms with E-state index in [4.69, 9.17) is 0 Å². The summed E-state index contributed by atoms with van der Waals surface area (Å²) in [5, 5.41) is 5.75. The number of aryl methyl sites for hydroxylation is 1. The largest absolute Gasteiger partial charge is 0.334 e. The van der Waals surface area contributed by atoms with E-state index in [1.54, 1.807) is 28.4 Å². The number of rotatable bonds is 4. The van der Waals surface area contributed by atoms with Crippen molar-refractivity contribution < 1.29 is 14.0 Å². The highest BCUT2D eigenvalue weighted by Crippen LogP contribution is 2.28. The monoisotopic (exact) mass is 490 g/mol. The van der Waals surface area contributed by atoms with Crippen LogP contribution in [-0.4, -0.2) is 52.0 Å². The van der Waals surface area contributed by atoms with Crippen LogP contribution in [-0.2, 0) is 6.54 Å². The SMILES string of the molecule is Cc1ccccc1Cn1c(C(=O)N2CCN(C(=O)Nc3ccccc3F)[C@H](C)C2)cc2ccsc21. The van der Waals surface area contributed by atoms with Gasteiger partial charge in [0.2, 0.25) is 0 Å². The fraction of sp³-hybridized carbons (Fsp3) is 0.259. The number of aromatic nitrogens is 1. The lowest BCUT2D eigenvalue weighted by molar-refractivity contribution is 0.0583. The number of piperazine rings is 1. The van der Waals surface area contributed by atoms with Crippen molar-refractivity contribution in [3.63, 3.8) is 0 Å². The Morgan fingerprint density at radius 1 is 1.09 bits per heavy atom. The van der Waals surface area contributed by atoms with Crippen LogP contribution >= 0.6 is 11.3 Å². The Balaban J connectivity index is 1.33. The third-order valence-electron chi connectivity index (χ3n) is 6.60. The molecule has 5 rings (SSSR count). The maximum atomic E-state index is 14.0. The summed E-state index contributed by atoms with van der Waals surface area (Å²) < 4.78 is 16.1. The van der Waals surface area contributed by atoms with Gasteiger partial charge in [-0.05, 0) is 54.6 Å². The summed E-state index contributed by atoms with van der Waals surface area (Å²) in [5.74, 6) is -0.514. The lowest BCUT2D eigenvalue weighted by atomic mass is 10.1. The summed E-state index contributed by atoms with van der Waals surface area (Å²) in [4.78, 5) is 31.0. The van der Waals surface area contributed by atoms with Crippen LogP contribution in [0, 0.1) is 12.7 Å². The molecule has 1 N–H and O–H groups in total. The average molecular weight is 491 g/mol.